The van der Waals surface area contributed by atoms with E-state index in [1.807, 2.05) is 62.9 Å². The quantitative estimate of drug-likeness (QED) is 0.501. The van der Waals surface area contributed by atoms with Crippen LogP contribution in [0.4, 0.5) is 0 Å². The minimum atomic E-state index is -0.394. The first kappa shape index (κ1) is 24.0. The number of halogens is 1. The van der Waals surface area contributed by atoms with Crippen molar-refractivity contribution in [3.05, 3.63) is 69.7 Å². The molecule has 1 heterocycles. The molecule has 2 aromatic carbocycles. The third kappa shape index (κ3) is 5.37. The van der Waals surface area contributed by atoms with E-state index in [9.17, 15) is 9.59 Å². The fourth-order valence-corrected chi connectivity index (χ4v) is 3.84. The van der Waals surface area contributed by atoms with E-state index in [0.29, 0.717) is 46.9 Å². The lowest BCUT2D eigenvalue weighted by Gasteiger charge is -2.32. The van der Waals surface area contributed by atoms with Crippen LogP contribution in [0.2, 0.25) is 5.02 Å². The molecule has 1 amide bonds. The highest BCUT2D eigenvalue weighted by Crippen LogP contribution is 2.24. The van der Waals surface area contributed by atoms with Crippen molar-refractivity contribution in [3.8, 4) is 5.69 Å². The summed E-state index contributed by atoms with van der Waals surface area (Å²) >= 11 is 6.09. The normalized spacial score (nSPS) is 12.5. The molecule has 1 atom stereocenters. The highest BCUT2D eigenvalue weighted by atomic mass is 35.5. The Morgan fingerprint density at radius 2 is 1.69 bits per heavy atom. The molecule has 1 aromatic heterocycles. The number of amides is 1. The SMILES string of the molecule is CC(C)CC(=O)N(CCN(C)C)C(C)c1nc2ccccc2c(=O)n1-c1ccc(Cl)cc1. The molecule has 0 N–H and O–H groups in total. The molecule has 0 saturated carbocycles. The molecule has 0 aliphatic carbocycles. The van der Waals surface area contributed by atoms with E-state index >= 15 is 0 Å². The molecule has 0 radical (unpaired) electrons. The lowest BCUT2D eigenvalue weighted by Crippen LogP contribution is -2.41. The van der Waals surface area contributed by atoms with Crippen LogP contribution in [0.1, 0.15) is 39.1 Å². The van der Waals surface area contributed by atoms with Crippen molar-refractivity contribution < 1.29 is 4.79 Å². The van der Waals surface area contributed by atoms with Gasteiger partial charge in [-0.1, -0.05) is 37.6 Å². The predicted octanol–water partition coefficient (Wildman–Crippen LogP) is 4.54. The number of benzene rings is 2. The molecule has 7 heteroatoms. The van der Waals surface area contributed by atoms with Gasteiger partial charge in [0.1, 0.15) is 5.82 Å². The molecule has 0 saturated heterocycles. The van der Waals surface area contributed by atoms with Gasteiger partial charge in [-0.2, -0.15) is 0 Å². The van der Waals surface area contributed by atoms with E-state index in [1.54, 1.807) is 34.9 Å². The Bertz CT molecular complexity index is 1140. The molecule has 32 heavy (non-hydrogen) atoms. The standard InChI is InChI=1S/C25H31ClN4O2/c1-17(2)16-23(31)29(15-14-28(4)5)18(3)24-27-22-9-7-6-8-21(22)25(32)30(24)20-12-10-19(26)11-13-20/h6-13,17-18H,14-16H2,1-5H3. The van der Waals surface area contributed by atoms with Gasteiger partial charge in [0.05, 0.1) is 22.6 Å². The summed E-state index contributed by atoms with van der Waals surface area (Å²) in [7, 11) is 3.96. The van der Waals surface area contributed by atoms with Crippen molar-refractivity contribution in [1.82, 2.24) is 19.4 Å². The topological polar surface area (TPSA) is 58.4 Å². The molecule has 0 aliphatic rings. The molecule has 3 aromatic rings. The molecule has 0 spiro atoms. The molecule has 0 bridgehead atoms. The Labute approximate surface area is 194 Å². The zero-order valence-electron chi connectivity index (χ0n) is 19.4. The summed E-state index contributed by atoms with van der Waals surface area (Å²) < 4.78 is 1.61. The van der Waals surface area contributed by atoms with Gasteiger partial charge in [-0.05, 0) is 63.3 Å². The van der Waals surface area contributed by atoms with Gasteiger partial charge in [0, 0.05) is 24.5 Å². The van der Waals surface area contributed by atoms with Gasteiger partial charge < -0.3 is 9.80 Å². The van der Waals surface area contributed by atoms with Gasteiger partial charge >= 0.3 is 0 Å². The molecular weight excluding hydrogens is 424 g/mol. The van der Waals surface area contributed by atoms with Crippen LogP contribution in [0.25, 0.3) is 16.6 Å². The highest BCUT2D eigenvalue weighted by Gasteiger charge is 2.27. The fraction of sp³-hybridized carbons (Fsp3) is 0.400. The third-order valence-electron chi connectivity index (χ3n) is 5.42. The maximum atomic E-state index is 13.6. The number of rotatable bonds is 8. The van der Waals surface area contributed by atoms with Crippen molar-refractivity contribution in [2.45, 2.75) is 33.2 Å². The van der Waals surface area contributed by atoms with Gasteiger partial charge in [-0.25, -0.2) is 4.98 Å². The molecular formula is C25H31ClN4O2. The number of para-hydroxylation sites is 1. The number of aromatic nitrogens is 2. The van der Waals surface area contributed by atoms with Gasteiger partial charge in [0.25, 0.3) is 5.56 Å². The van der Waals surface area contributed by atoms with Gasteiger partial charge in [-0.15, -0.1) is 0 Å². The van der Waals surface area contributed by atoms with E-state index in [0.717, 1.165) is 0 Å². The largest absolute Gasteiger partial charge is 0.331 e. The summed E-state index contributed by atoms with van der Waals surface area (Å²) in [6, 6.07) is 14.0. The second kappa shape index (κ2) is 10.3. The summed E-state index contributed by atoms with van der Waals surface area (Å²) in [5.41, 5.74) is 1.13. The summed E-state index contributed by atoms with van der Waals surface area (Å²) in [5.74, 6) is 0.825. The van der Waals surface area contributed by atoms with E-state index < -0.39 is 6.04 Å². The molecule has 0 aliphatic heterocycles. The first-order valence-corrected chi connectivity index (χ1v) is 11.3. The second-order valence-corrected chi connectivity index (χ2v) is 9.20. The van der Waals surface area contributed by atoms with Crippen LogP contribution in [0.15, 0.2) is 53.3 Å². The van der Waals surface area contributed by atoms with E-state index in [2.05, 4.69) is 0 Å². The Morgan fingerprint density at radius 3 is 2.31 bits per heavy atom. The van der Waals surface area contributed by atoms with Crippen molar-refractivity contribution >= 4 is 28.4 Å². The number of hydrogen-bond acceptors (Lipinski definition) is 4. The van der Waals surface area contributed by atoms with Crippen LogP contribution in [0.5, 0.6) is 0 Å². The number of nitrogens with zero attached hydrogens (tertiary/aromatic N) is 4. The molecule has 170 valence electrons. The van der Waals surface area contributed by atoms with Gasteiger partial charge in [0.2, 0.25) is 5.91 Å². The molecule has 0 fully saturated rings. The van der Waals surface area contributed by atoms with Crippen LogP contribution in [0.3, 0.4) is 0 Å². The van der Waals surface area contributed by atoms with Crippen LogP contribution in [-0.2, 0) is 4.79 Å². The first-order chi connectivity index (χ1) is 15.2. The van der Waals surface area contributed by atoms with Crippen LogP contribution < -0.4 is 5.56 Å². The maximum absolute atomic E-state index is 13.6. The zero-order valence-corrected chi connectivity index (χ0v) is 20.1. The summed E-state index contributed by atoms with van der Waals surface area (Å²) in [4.78, 5) is 35.5. The lowest BCUT2D eigenvalue weighted by molar-refractivity contribution is -0.134. The Balaban J connectivity index is 2.19. The smallest absolute Gasteiger partial charge is 0.266 e. The number of hydrogen-bond donors (Lipinski definition) is 0. The number of fused-ring (bicyclic) bond motifs is 1. The van der Waals surface area contributed by atoms with Crippen molar-refractivity contribution in [2.24, 2.45) is 5.92 Å². The first-order valence-electron chi connectivity index (χ1n) is 10.9. The predicted molar refractivity (Wildman–Crippen MR) is 130 cm³/mol. The van der Waals surface area contributed by atoms with E-state index in [4.69, 9.17) is 16.6 Å². The van der Waals surface area contributed by atoms with Crippen molar-refractivity contribution in [3.63, 3.8) is 0 Å². The van der Waals surface area contributed by atoms with Crippen LogP contribution >= 0.6 is 11.6 Å². The summed E-state index contributed by atoms with van der Waals surface area (Å²) in [5, 5.41) is 1.12. The third-order valence-corrected chi connectivity index (χ3v) is 5.67. The average molecular weight is 455 g/mol. The minimum Gasteiger partial charge on any atom is -0.331 e. The number of likely N-dealkylation sites (N-methyl/N-ethyl adjacent to an activating group) is 1. The van der Waals surface area contributed by atoms with Crippen LogP contribution in [-0.4, -0.2) is 52.4 Å². The highest BCUT2D eigenvalue weighted by molar-refractivity contribution is 6.30. The molecule has 3 rings (SSSR count). The van der Waals surface area contributed by atoms with Crippen molar-refractivity contribution in [1.29, 1.82) is 0 Å². The average Bonchev–Trinajstić information content (AvgIpc) is 2.74. The van der Waals surface area contributed by atoms with Gasteiger partial charge in [0.15, 0.2) is 0 Å². The second-order valence-electron chi connectivity index (χ2n) is 8.77. The van der Waals surface area contributed by atoms with E-state index in [1.165, 1.54) is 0 Å². The summed E-state index contributed by atoms with van der Waals surface area (Å²) in [6.07, 6.45) is 0.441. The Hall–Kier alpha value is -2.70. The van der Waals surface area contributed by atoms with Crippen LogP contribution in [0, 0.1) is 5.92 Å². The Kier molecular flexibility index (Phi) is 7.69. The minimum absolute atomic E-state index is 0.0550. The maximum Gasteiger partial charge on any atom is 0.266 e. The van der Waals surface area contributed by atoms with E-state index in [-0.39, 0.29) is 17.4 Å². The number of carbonyl (C=O) groups excluding carboxylic acids is 1. The molecule has 1 unspecified atom stereocenters. The van der Waals surface area contributed by atoms with Gasteiger partial charge in [-0.3, -0.25) is 14.2 Å². The Morgan fingerprint density at radius 1 is 1.03 bits per heavy atom. The zero-order chi connectivity index (χ0) is 23.4. The summed E-state index contributed by atoms with van der Waals surface area (Å²) in [6.45, 7) is 7.27. The number of carbonyl (C=O) groups is 1. The molecule has 6 nitrogen and oxygen atoms in total. The lowest BCUT2D eigenvalue weighted by atomic mass is 10.1. The van der Waals surface area contributed by atoms with Crippen molar-refractivity contribution in [2.75, 3.05) is 27.2 Å². The monoisotopic (exact) mass is 454 g/mol. The fourth-order valence-electron chi connectivity index (χ4n) is 3.72.